The van der Waals surface area contributed by atoms with Crippen LogP contribution in [0.2, 0.25) is 5.02 Å². The summed E-state index contributed by atoms with van der Waals surface area (Å²) < 4.78 is 13.1. The van der Waals surface area contributed by atoms with Crippen molar-refractivity contribution in [3.05, 3.63) is 102 Å². The fourth-order valence-electron chi connectivity index (χ4n) is 3.84. The maximum atomic E-state index is 11.2. The first-order chi connectivity index (χ1) is 17.0. The second-order valence-electron chi connectivity index (χ2n) is 7.95. The SMILES string of the molecule is CC(Oc1cccc(-c2ccccc2-c2cc(-c3ccco3)n(-c3ccc(Cl)cc3)n2)c1)C(=O)O. The molecule has 0 bridgehead atoms. The quantitative estimate of drug-likeness (QED) is 0.270. The zero-order valence-corrected chi connectivity index (χ0v) is 19.5. The monoisotopic (exact) mass is 484 g/mol. The highest BCUT2D eigenvalue weighted by Gasteiger charge is 2.18. The normalized spacial score (nSPS) is 11.8. The molecule has 2 heterocycles. The topological polar surface area (TPSA) is 77.5 Å². The number of aromatic nitrogens is 2. The Morgan fingerprint density at radius 3 is 2.46 bits per heavy atom. The molecule has 0 aliphatic rings. The van der Waals surface area contributed by atoms with Gasteiger partial charge in [-0.1, -0.05) is 48.0 Å². The van der Waals surface area contributed by atoms with Gasteiger partial charge in [0.15, 0.2) is 11.9 Å². The summed E-state index contributed by atoms with van der Waals surface area (Å²) in [6, 6.07) is 28.5. The molecule has 1 N–H and O–H groups in total. The summed E-state index contributed by atoms with van der Waals surface area (Å²) in [7, 11) is 0. The van der Waals surface area contributed by atoms with Crippen LogP contribution in [0.3, 0.4) is 0 Å². The van der Waals surface area contributed by atoms with Gasteiger partial charge in [0.1, 0.15) is 11.4 Å². The molecule has 0 spiro atoms. The molecule has 1 atom stereocenters. The van der Waals surface area contributed by atoms with E-state index in [1.54, 1.807) is 12.3 Å². The molecule has 1 unspecified atom stereocenters. The maximum absolute atomic E-state index is 11.2. The van der Waals surface area contributed by atoms with Crippen LogP contribution in [0.25, 0.3) is 39.5 Å². The van der Waals surface area contributed by atoms with Gasteiger partial charge in [-0.15, -0.1) is 0 Å². The van der Waals surface area contributed by atoms with Crippen LogP contribution in [-0.4, -0.2) is 27.0 Å². The van der Waals surface area contributed by atoms with Gasteiger partial charge in [0.25, 0.3) is 0 Å². The van der Waals surface area contributed by atoms with Crippen molar-refractivity contribution < 1.29 is 19.1 Å². The van der Waals surface area contributed by atoms with Crippen LogP contribution < -0.4 is 4.74 Å². The van der Waals surface area contributed by atoms with Gasteiger partial charge in [0.2, 0.25) is 0 Å². The van der Waals surface area contributed by atoms with Gasteiger partial charge >= 0.3 is 5.97 Å². The molecule has 3 aromatic carbocycles. The van der Waals surface area contributed by atoms with E-state index in [0.29, 0.717) is 16.5 Å². The lowest BCUT2D eigenvalue weighted by atomic mass is 9.97. The minimum Gasteiger partial charge on any atom is -0.479 e. The number of rotatable bonds is 7. The van der Waals surface area contributed by atoms with Crippen molar-refractivity contribution in [2.45, 2.75) is 13.0 Å². The summed E-state index contributed by atoms with van der Waals surface area (Å²) in [4.78, 5) is 11.2. The van der Waals surface area contributed by atoms with Gasteiger partial charge in [-0.2, -0.15) is 5.10 Å². The molecule has 7 heteroatoms. The molecule has 6 nitrogen and oxygen atoms in total. The number of ether oxygens (including phenoxy) is 1. The van der Waals surface area contributed by atoms with Crippen molar-refractivity contribution in [2.75, 3.05) is 0 Å². The Bertz CT molecular complexity index is 1470. The Hall–Kier alpha value is -4.29. The van der Waals surface area contributed by atoms with Crippen LogP contribution in [0.4, 0.5) is 0 Å². The number of nitrogens with zero attached hydrogens (tertiary/aromatic N) is 2. The minimum absolute atomic E-state index is 0.482. The van der Waals surface area contributed by atoms with Gasteiger partial charge in [-0.05, 0) is 72.6 Å². The molecule has 0 saturated carbocycles. The predicted octanol–water partition coefficient (Wildman–Crippen LogP) is 6.97. The lowest BCUT2D eigenvalue weighted by Crippen LogP contribution is -2.22. The Labute approximate surface area is 207 Å². The van der Waals surface area contributed by atoms with Crippen LogP contribution in [0.1, 0.15) is 6.92 Å². The van der Waals surface area contributed by atoms with E-state index in [4.69, 9.17) is 25.9 Å². The highest BCUT2D eigenvalue weighted by Crippen LogP contribution is 2.36. The molecular formula is C28H21ClN2O4. The fraction of sp³-hybridized carbons (Fsp3) is 0.0714. The van der Waals surface area contributed by atoms with E-state index < -0.39 is 12.1 Å². The largest absolute Gasteiger partial charge is 0.479 e. The number of carboxylic acid groups (broad SMARTS) is 1. The third-order valence-electron chi connectivity index (χ3n) is 5.56. The van der Waals surface area contributed by atoms with E-state index >= 15 is 0 Å². The molecular weight excluding hydrogens is 464 g/mol. The van der Waals surface area contributed by atoms with E-state index in [1.807, 2.05) is 89.6 Å². The lowest BCUT2D eigenvalue weighted by molar-refractivity contribution is -0.144. The van der Waals surface area contributed by atoms with E-state index in [2.05, 4.69) is 0 Å². The number of hydrogen-bond donors (Lipinski definition) is 1. The standard InChI is InChI=1S/C28H21ClN2O4/c1-18(28(32)33)35-22-7-4-6-19(16-22)23-8-2-3-9-24(23)25-17-26(27-10-5-15-34-27)31(30-25)21-13-11-20(29)12-14-21/h2-18H,1H3,(H,32,33). The first-order valence-corrected chi connectivity index (χ1v) is 11.4. The number of hydrogen-bond acceptors (Lipinski definition) is 4. The highest BCUT2D eigenvalue weighted by molar-refractivity contribution is 6.30. The second kappa shape index (κ2) is 9.52. The predicted molar refractivity (Wildman–Crippen MR) is 135 cm³/mol. The summed E-state index contributed by atoms with van der Waals surface area (Å²) in [5.41, 5.74) is 5.14. The molecule has 5 aromatic rings. The smallest absolute Gasteiger partial charge is 0.344 e. The third-order valence-corrected chi connectivity index (χ3v) is 5.81. The molecule has 0 saturated heterocycles. The number of carboxylic acids is 1. The summed E-state index contributed by atoms with van der Waals surface area (Å²) >= 11 is 6.10. The van der Waals surface area contributed by atoms with E-state index in [1.165, 1.54) is 6.92 Å². The Morgan fingerprint density at radius 2 is 1.74 bits per heavy atom. The van der Waals surface area contributed by atoms with Gasteiger partial charge in [0.05, 0.1) is 17.6 Å². The molecule has 0 fully saturated rings. The lowest BCUT2D eigenvalue weighted by Gasteiger charge is -2.13. The van der Waals surface area contributed by atoms with Crippen LogP contribution in [0.15, 0.2) is 102 Å². The number of carbonyl (C=O) groups is 1. The van der Waals surface area contributed by atoms with E-state index in [0.717, 1.165) is 33.8 Å². The molecule has 174 valence electrons. The molecule has 0 amide bonds. The van der Waals surface area contributed by atoms with Gasteiger partial charge in [-0.3, -0.25) is 0 Å². The van der Waals surface area contributed by atoms with E-state index in [9.17, 15) is 9.90 Å². The van der Waals surface area contributed by atoms with E-state index in [-0.39, 0.29) is 0 Å². The molecule has 2 aromatic heterocycles. The highest BCUT2D eigenvalue weighted by atomic mass is 35.5. The van der Waals surface area contributed by atoms with Crippen LogP contribution >= 0.6 is 11.6 Å². The van der Waals surface area contributed by atoms with Crippen LogP contribution in [0.5, 0.6) is 5.75 Å². The molecule has 5 rings (SSSR count). The van der Waals surface area contributed by atoms with Crippen molar-refractivity contribution in [3.63, 3.8) is 0 Å². The average molecular weight is 485 g/mol. The summed E-state index contributed by atoms with van der Waals surface area (Å²) in [5, 5.41) is 14.8. The van der Waals surface area contributed by atoms with Gasteiger partial charge < -0.3 is 14.3 Å². The third kappa shape index (κ3) is 4.69. The number of furan rings is 1. The number of aliphatic carboxylic acids is 1. The molecule has 0 aliphatic carbocycles. The van der Waals surface area contributed by atoms with Crippen molar-refractivity contribution >= 4 is 17.6 Å². The molecule has 35 heavy (non-hydrogen) atoms. The molecule has 0 aliphatic heterocycles. The first kappa shape index (κ1) is 22.5. The summed E-state index contributed by atoms with van der Waals surface area (Å²) in [6.45, 7) is 1.50. The van der Waals surface area contributed by atoms with Crippen molar-refractivity contribution in [1.29, 1.82) is 0 Å². The van der Waals surface area contributed by atoms with Crippen molar-refractivity contribution in [2.24, 2.45) is 0 Å². The van der Waals surface area contributed by atoms with Gasteiger partial charge in [0, 0.05) is 10.6 Å². The van der Waals surface area contributed by atoms with Crippen molar-refractivity contribution in [3.8, 4) is 45.3 Å². The Kier molecular flexibility index (Phi) is 6.12. The Balaban J connectivity index is 1.61. The minimum atomic E-state index is -1.02. The van der Waals surface area contributed by atoms with Crippen molar-refractivity contribution in [1.82, 2.24) is 9.78 Å². The van der Waals surface area contributed by atoms with Crippen LogP contribution in [-0.2, 0) is 4.79 Å². The summed E-state index contributed by atoms with van der Waals surface area (Å²) in [6.07, 6.45) is 0.678. The van der Waals surface area contributed by atoms with Gasteiger partial charge in [-0.25, -0.2) is 9.48 Å². The zero-order chi connectivity index (χ0) is 24.4. The summed E-state index contributed by atoms with van der Waals surface area (Å²) in [5.74, 6) is 0.151. The zero-order valence-electron chi connectivity index (χ0n) is 18.8. The maximum Gasteiger partial charge on any atom is 0.344 e. The number of halogens is 1. The molecule has 0 radical (unpaired) electrons. The number of benzene rings is 3. The first-order valence-electron chi connectivity index (χ1n) is 11.0. The Morgan fingerprint density at radius 1 is 0.971 bits per heavy atom. The second-order valence-corrected chi connectivity index (χ2v) is 8.39. The average Bonchev–Trinajstić information content (AvgIpc) is 3.55. The fourth-order valence-corrected chi connectivity index (χ4v) is 3.97. The van der Waals surface area contributed by atoms with Crippen LogP contribution in [0, 0.1) is 0 Å².